The zero-order valence-electron chi connectivity index (χ0n) is 15.8. The Morgan fingerprint density at radius 3 is 2.17 bits per heavy atom. The number of hydrogen-bond acceptors (Lipinski definition) is 3. The van der Waals surface area contributed by atoms with Gasteiger partial charge in [0.1, 0.15) is 6.04 Å². The van der Waals surface area contributed by atoms with E-state index in [9.17, 15) is 13.2 Å². The Bertz CT molecular complexity index is 1070. The van der Waals surface area contributed by atoms with Gasteiger partial charge in [-0.05, 0) is 55.3 Å². The van der Waals surface area contributed by atoms with Crippen molar-refractivity contribution in [3.63, 3.8) is 0 Å². The van der Waals surface area contributed by atoms with Crippen molar-refractivity contribution < 1.29 is 13.2 Å². The number of anilines is 1. The Hall–Kier alpha value is -2.67. The van der Waals surface area contributed by atoms with Gasteiger partial charge >= 0.3 is 0 Å². The molecule has 0 heterocycles. The van der Waals surface area contributed by atoms with E-state index in [1.165, 1.54) is 24.3 Å². The molecule has 5 nitrogen and oxygen atoms in total. The van der Waals surface area contributed by atoms with Crippen LogP contribution >= 0.6 is 11.6 Å². The molecular weight excluding hydrogens is 408 g/mol. The van der Waals surface area contributed by atoms with Crippen molar-refractivity contribution in [1.29, 1.82) is 0 Å². The number of rotatable bonds is 7. The van der Waals surface area contributed by atoms with Crippen molar-refractivity contribution in [3.05, 3.63) is 95.0 Å². The number of halogens is 1. The smallest absolute Gasteiger partial charge is 0.242 e. The summed E-state index contributed by atoms with van der Waals surface area (Å²) in [7, 11) is -3.91. The van der Waals surface area contributed by atoms with Crippen LogP contribution in [0.1, 0.15) is 11.1 Å². The summed E-state index contributed by atoms with van der Waals surface area (Å²) < 4.78 is 28.1. The van der Waals surface area contributed by atoms with E-state index in [0.29, 0.717) is 10.7 Å². The number of sulfonamides is 1. The molecule has 7 heteroatoms. The molecule has 0 saturated carbocycles. The Kier molecular flexibility index (Phi) is 6.69. The largest absolute Gasteiger partial charge is 0.325 e. The van der Waals surface area contributed by atoms with E-state index < -0.39 is 22.0 Å². The molecule has 0 aliphatic heterocycles. The average molecular weight is 429 g/mol. The number of hydrogen-bond donors (Lipinski definition) is 2. The molecule has 0 aromatic heterocycles. The molecule has 0 unspecified atom stereocenters. The lowest BCUT2D eigenvalue weighted by molar-refractivity contribution is -0.117. The Morgan fingerprint density at radius 2 is 1.55 bits per heavy atom. The van der Waals surface area contributed by atoms with Gasteiger partial charge in [0.15, 0.2) is 0 Å². The van der Waals surface area contributed by atoms with Crippen LogP contribution in [-0.4, -0.2) is 20.4 Å². The van der Waals surface area contributed by atoms with E-state index in [0.717, 1.165) is 11.1 Å². The predicted octanol–water partition coefficient (Wildman–Crippen LogP) is 4.18. The van der Waals surface area contributed by atoms with Crippen molar-refractivity contribution in [3.8, 4) is 0 Å². The van der Waals surface area contributed by atoms with Crippen molar-refractivity contribution >= 4 is 33.2 Å². The summed E-state index contributed by atoms with van der Waals surface area (Å²) in [5.74, 6) is -0.435. The minimum absolute atomic E-state index is 0.0445. The van der Waals surface area contributed by atoms with Crippen LogP contribution in [0.5, 0.6) is 0 Å². The highest BCUT2D eigenvalue weighted by Gasteiger charge is 2.26. The van der Waals surface area contributed by atoms with Crippen LogP contribution < -0.4 is 10.0 Å². The summed E-state index contributed by atoms with van der Waals surface area (Å²) in [5, 5.41) is 3.22. The summed E-state index contributed by atoms with van der Waals surface area (Å²) in [6.07, 6.45) is 0.214. The number of carbonyl (C=O) groups excluding carboxylic acids is 1. The van der Waals surface area contributed by atoms with E-state index in [4.69, 9.17) is 11.6 Å². The standard InChI is InChI=1S/C22H21ClN2O3S/c1-16-7-11-19(12-8-16)24-22(26)21(15-17-5-3-2-4-6-17)25-29(27,28)20-13-9-18(23)10-14-20/h2-14,21,25H,15H2,1H3,(H,24,26)/t21-/m1/s1. The molecule has 3 aromatic rings. The minimum Gasteiger partial charge on any atom is -0.325 e. The summed E-state index contributed by atoms with van der Waals surface area (Å²) in [6, 6.07) is 21.4. The van der Waals surface area contributed by atoms with Crippen molar-refractivity contribution in [2.45, 2.75) is 24.3 Å². The maximum atomic E-state index is 12.9. The number of amides is 1. The van der Waals surface area contributed by atoms with Crippen molar-refractivity contribution in [2.24, 2.45) is 0 Å². The van der Waals surface area contributed by atoms with Crippen LogP contribution in [0.25, 0.3) is 0 Å². The SMILES string of the molecule is Cc1ccc(NC(=O)[C@@H](Cc2ccccc2)NS(=O)(=O)c2ccc(Cl)cc2)cc1. The lowest BCUT2D eigenvalue weighted by Crippen LogP contribution is -2.45. The van der Waals surface area contributed by atoms with Crippen LogP contribution in [0.4, 0.5) is 5.69 Å². The molecular formula is C22H21ClN2O3S. The third-order valence-corrected chi connectivity index (χ3v) is 6.08. The van der Waals surface area contributed by atoms with Gasteiger partial charge in [-0.15, -0.1) is 0 Å². The second kappa shape index (κ2) is 9.22. The third kappa shape index (κ3) is 5.90. The van der Waals surface area contributed by atoms with Crippen LogP contribution in [0.15, 0.2) is 83.8 Å². The van der Waals surface area contributed by atoms with Gasteiger partial charge in [-0.1, -0.05) is 59.6 Å². The molecule has 0 bridgehead atoms. The molecule has 150 valence electrons. The topological polar surface area (TPSA) is 75.3 Å². The van der Waals surface area contributed by atoms with E-state index in [1.54, 1.807) is 12.1 Å². The summed E-state index contributed by atoms with van der Waals surface area (Å²) in [6.45, 7) is 1.95. The van der Waals surface area contributed by atoms with Gasteiger partial charge in [-0.2, -0.15) is 4.72 Å². The van der Waals surface area contributed by atoms with E-state index in [-0.39, 0.29) is 11.3 Å². The van der Waals surface area contributed by atoms with Gasteiger partial charge < -0.3 is 5.32 Å². The van der Waals surface area contributed by atoms with Gasteiger partial charge in [0.2, 0.25) is 15.9 Å². The average Bonchev–Trinajstić information content (AvgIpc) is 2.70. The number of benzene rings is 3. The van der Waals surface area contributed by atoms with Crippen LogP contribution in [0.2, 0.25) is 5.02 Å². The first-order valence-electron chi connectivity index (χ1n) is 9.03. The fourth-order valence-electron chi connectivity index (χ4n) is 2.77. The number of carbonyl (C=O) groups is 1. The maximum Gasteiger partial charge on any atom is 0.242 e. The van der Waals surface area contributed by atoms with Crippen molar-refractivity contribution in [1.82, 2.24) is 4.72 Å². The lowest BCUT2D eigenvalue weighted by atomic mass is 10.1. The highest BCUT2D eigenvalue weighted by Crippen LogP contribution is 2.16. The highest BCUT2D eigenvalue weighted by atomic mass is 35.5. The monoisotopic (exact) mass is 428 g/mol. The van der Waals surface area contributed by atoms with Gasteiger partial charge in [-0.25, -0.2) is 8.42 Å². The Morgan fingerprint density at radius 1 is 0.931 bits per heavy atom. The molecule has 0 saturated heterocycles. The van der Waals surface area contributed by atoms with E-state index in [1.807, 2.05) is 49.4 Å². The van der Waals surface area contributed by atoms with E-state index in [2.05, 4.69) is 10.0 Å². The second-order valence-electron chi connectivity index (χ2n) is 6.67. The summed E-state index contributed by atoms with van der Waals surface area (Å²) >= 11 is 5.85. The number of nitrogens with one attached hydrogen (secondary N) is 2. The minimum atomic E-state index is -3.91. The van der Waals surface area contributed by atoms with Crippen LogP contribution in [0.3, 0.4) is 0 Å². The van der Waals surface area contributed by atoms with Crippen molar-refractivity contribution in [2.75, 3.05) is 5.32 Å². The zero-order valence-corrected chi connectivity index (χ0v) is 17.4. The molecule has 2 N–H and O–H groups in total. The molecule has 29 heavy (non-hydrogen) atoms. The Balaban J connectivity index is 1.84. The molecule has 0 fully saturated rings. The summed E-state index contributed by atoms with van der Waals surface area (Å²) in [5.41, 5.74) is 2.51. The lowest BCUT2D eigenvalue weighted by Gasteiger charge is -2.19. The van der Waals surface area contributed by atoms with Crippen LogP contribution in [-0.2, 0) is 21.2 Å². The van der Waals surface area contributed by atoms with E-state index >= 15 is 0 Å². The quantitative estimate of drug-likeness (QED) is 0.592. The molecule has 0 aliphatic rings. The Labute approximate surface area is 175 Å². The second-order valence-corrected chi connectivity index (χ2v) is 8.82. The normalized spacial score (nSPS) is 12.3. The molecule has 0 aliphatic carbocycles. The predicted molar refractivity (Wildman–Crippen MR) is 116 cm³/mol. The molecule has 3 rings (SSSR count). The molecule has 1 atom stereocenters. The van der Waals surface area contributed by atoms with Crippen LogP contribution in [0, 0.1) is 6.92 Å². The summed E-state index contributed by atoms with van der Waals surface area (Å²) in [4.78, 5) is 13.0. The highest BCUT2D eigenvalue weighted by molar-refractivity contribution is 7.89. The zero-order chi connectivity index (χ0) is 20.9. The first-order chi connectivity index (χ1) is 13.8. The molecule has 3 aromatic carbocycles. The third-order valence-electron chi connectivity index (χ3n) is 4.34. The fourth-order valence-corrected chi connectivity index (χ4v) is 4.09. The van der Waals surface area contributed by atoms with Gasteiger partial charge in [-0.3, -0.25) is 4.79 Å². The molecule has 0 spiro atoms. The molecule has 1 amide bonds. The maximum absolute atomic E-state index is 12.9. The van der Waals surface area contributed by atoms with Gasteiger partial charge in [0.05, 0.1) is 4.90 Å². The first kappa shape index (κ1) is 21.0. The van der Waals surface area contributed by atoms with Gasteiger partial charge in [0.25, 0.3) is 0 Å². The number of aryl methyl sites for hydroxylation is 1. The van der Waals surface area contributed by atoms with Gasteiger partial charge in [0, 0.05) is 10.7 Å². The molecule has 0 radical (unpaired) electrons. The fraction of sp³-hybridized carbons (Fsp3) is 0.136. The first-order valence-corrected chi connectivity index (χ1v) is 10.9.